The lowest BCUT2D eigenvalue weighted by atomic mass is 10.1. The molecule has 16 heavy (non-hydrogen) atoms. The highest BCUT2D eigenvalue weighted by Gasteiger charge is 2.12. The lowest BCUT2D eigenvalue weighted by Crippen LogP contribution is -2.41. The van der Waals surface area contributed by atoms with Gasteiger partial charge in [-0.15, -0.1) is 0 Å². The highest BCUT2D eigenvalue weighted by molar-refractivity contribution is 5.44. The van der Waals surface area contributed by atoms with Crippen LogP contribution in [0.1, 0.15) is 18.1 Å². The van der Waals surface area contributed by atoms with Crippen molar-refractivity contribution < 1.29 is 4.68 Å². The molecule has 0 N–H and O–H groups in total. The summed E-state index contributed by atoms with van der Waals surface area (Å²) < 4.78 is 2.01. The average molecular weight is 213 g/mol. The summed E-state index contributed by atoms with van der Waals surface area (Å²) in [6, 6.07) is 7.74. The van der Waals surface area contributed by atoms with Gasteiger partial charge < -0.3 is 0 Å². The first-order valence-corrected chi connectivity index (χ1v) is 5.21. The monoisotopic (exact) mass is 213 g/mol. The van der Waals surface area contributed by atoms with E-state index in [4.69, 9.17) is 5.26 Å². The molecule has 0 saturated carbocycles. The van der Waals surface area contributed by atoms with Crippen molar-refractivity contribution in [2.75, 3.05) is 0 Å². The number of benzene rings is 1. The lowest BCUT2D eigenvalue weighted by Gasteiger charge is -2.03. The predicted molar refractivity (Wildman–Crippen MR) is 58.9 cm³/mol. The maximum absolute atomic E-state index is 8.81. The van der Waals surface area contributed by atoms with Gasteiger partial charge in [-0.1, -0.05) is 0 Å². The zero-order valence-electron chi connectivity index (χ0n) is 9.38. The fourth-order valence-electron chi connectivity index (χ4n) is 1.69. The van der Waals surface area contributed by atoms with Gasteiger partial charge in [0.25, 0.3) is 0 Å². The molecule has 0 amide bonds. The summed E-state index contributed by atoms with van der Waals surface area (Å²) in [4.78, 5) is 1.84. The zero-order chi connectivity index (χ0) is 11.5. The zero-order valence-corrected chi connectivity index (χ0v) is 9.38. The van der Waals surface area contributed by atoms with Crippen LogP contribution in [0.3, 0.4) is 0 Å². The van der Waals surface area contributed by atoms with Crippen molar-refractivity contribution in [1.29, 1.82) is 5.26 Å². The Hall–Kier alpha value is -2.15. The van der Waals surface area contributed by atoms with Gasteiger partial charge in [0.1, 0.15) is 12.2 Å². The summed E-state index contributed by atoms with van der Waals surface area (Å²) >= 11 is 0. The molecule has 0 saturated heterocycles. The van der Waals surface area contributed by atoms with E-state index in [1.807, 2.05) is 40.8 Å². The minimum Gasteiger partial charge on any atom is -0.192 e. The number of hydrogen-bond donors (Lipinski definition) is 0. The molecular formula is C12H13N4+. The average Bonchev–Trinajstić information content (AvgIpc) is 2.76. The van der Waals surface area contributed by atoms with Crippen molar-refractivity contribution in [1.82, 2.24) is 9.90 Å². The molecule has 2 aromatic rings. The largest absolute Gasteiger partial charge is 0.206 e. The van der Waals surface area contributed by atoms with Gasteiger partial charge in [-0.05, 0) is 42.4 Å². The minimum absolute atomic E-state index is 0.677. The number of aromatic nitrogens is 3. The molecule has 0 spiro atoms. The normalized spacial score (nSPS) is 10.1. The second-order valence-corrected chi connectivity index (χ2v) is 3.57. The summed E-state index contributed by atoms with van der Waals surface area (Å²) in [5.74, 6) is 0. The quantitative estimate of drug-likeness (QED) is 0.707. The topological polar surface area (TPSA) is 45.5 Å². The van der Waals surface area contributed by atoms with Crippen LogP contribution in [-0.2, 0) is 6.54 Å². The van der Waals surface area contributed by atoms with Crippen LogP contribution in [0.5, 0.6) is 0 Å². The van der Waals surface area contributed by atoms with Gasteiger partial charge in [0, 0.05) is 5.10 Å². The van der Waals surface area contributed by atoms with Crippen molar-refractivity contribution in [2.24, 2.45) is 0 Å². The summed E-state index contributed by atoms with van der Waals surface area (Å²) in [6.07, 6.45) is 3.69. The first-order valence-electron chi connectivity index (χ1n) is 5.21. The first-order chi connectivity index (χ1) is 7.76. The Labute approximate surface area is 94.3 Å². The van der Waals surface area contributed by atoms with Gasteiger partial charge in [-0.2, -0.15) is 9.94 Å². The van der Waals surface area contributed by atoms with Crippen LogP contribution in [0, 0.1) is 18.3 Å². The Morgan fingerprint density at radius 3 is 2.94 bits per heavy atom. The minimum atomic E-state index is 0.677. The third-order valence-corrected chi connectivity index (χ3v) is 2.52. The number of aryl methyl sites for hydroxylation is 2. The second kappa shape index (κ2) is 4.15. The maximum Gasteiger partial charge on any atom is 0.206 e. The molecule has 0 aliphatic rings. The fourth-order valence-corrected chi connectivity index (χ4v) is 1.69. The third-order valence-electron chi connectivity index (χ3n) is 2.52. The van der Waals surface area contributed by atoms with Gasteiger partial charge in [0.2, 0.25) is 6.20 Å². The molecule has 4 heteroatoms. The molecule has 0 aliphatic carbocycles. The lowest BCUT2D eigenvalue weighted by molar-refractivity contribution is -0.767. The number of rotatable bonds is 2. The van der Waals surface area contributed by atoms with Crippen LogP contribution in [-0.4, -0.2) is 9.90 Å². The fraction of sp³-hybridized carbons (Fsp3) is 0.250. The van der Waals surface area contributed by atoms with E-state index in [9.17, 15) is 0 Å². The van der Waals surface area contributed by atoms with Crippen molar-refractivity contribution >= 4 is 0 Å². The van der Waals surface area contributed by atoms with Crippen LogP contribution < -0.4 is 4.68 Å². The Morgan fingerprint density at radius 1 is 1.50 bits per heavy atom. The molecular weight excluding hydrogens is 200 g/mol. The number of nitrogens with zero attached hydrogens (tertiary/aromatic N) is 4. The van der Waals surface area contributed by atoms with E-state index in [-0.39, 0.29) is 0 Å². The van der Waals surface area contributed by atoms with Crippen LogP contribution in [0.2, 0.25) is 0 Å². The molecule has 80 valence electrons. The molecule has 4 nitrogen and oxygen atoms in total. The Balaban J connectivity index is 2.53. The smallest absolute Gasteiger partial charge is 0.192 e. The predicted octanol–water partition coefficient (Wildman–Crippen LogP) is 1.36. The maximum atomic E-state index is 8.81. The molecule has 1 aromatic heterocycles. The summed E-state index contributed by atoms with van der Waals surface area (Å²) in [5.41, 5.74) is 2.73. The van der Waals surface area contributed by atoms with E-state index < -0.39 is 0 Å². The van der Waals surface area contributed by atoms with Gasteiger partial charge in [0.05, 0.1) is 11.6 Å². The third kappa shape index (κ3) is 1.68. The summed E-state index contributed by atoms with van der Waals surface area (Å²) in [7, 11) is 0. The van der Waals surface area contributed by atoms with Crippen LogP contribution >= 0.6 is 0 Å². The summed E-state index contributed by atoms with van der Waals surface area (Å²) in [6.45, 7) is 4.91. The second-order valence-electron chi connectivity index (χ2n) is 3.57. The van der Waals surface area contributed by atoms with Crippen LogP contribution in [0.4, 0.5) is 0 Å². The number of nitriles is 1. The SMILES string of the molecule is CC[n+]1ccnn1-c1ccc(C#N)cc1C. The van der Waals surface area contributed by atoms with E-state index in [1.54, 1.807) is 6.20 Å². The standard InChI is InChI=1S/C12H13N4/c1-3-15-7-6-14-16(15)12-5-4-11(9-13)8-10(12)2/h4-8H,3H2,1-2H3/q+1. The van der Waals surface area contributed by atoms with E-state index in [0.29, 0.717) is 5.56 Å². The van der Waals surface area contributed by atoms with Crippen LogP contribution in [0.15, 0.2) is 30.6 Å². The van der Waals surface area contributed by atoms with E-state index in [1.165, 1.54) is 0 Å². The van der Waals surface area contributed by atoms with Crippen molar-refractivity contribution in [2.45, 2.75) is 20.4 Å². The first kappa shape index (κ1) is 10.4. The molecule has 1 heterocycles. The Morgan fingerprint density at radius 2 is 2.31 bits per heavy atom. The molecule has 1 aromatic carbocycles. The van der Waals surface area contributed by atoms with Crippen molar-refractivity contribution in [3.05, 3.63) is 41.7 Å². The Kier molecular flexibility index (Phi) is 2.69. The Bertz CT molecular complexity index is 548. The molecule has 0 unspecified atom stereocenters. The van der Waals surface area contributed by atoms with Crippen molar-refractivity contribution in [3.8, 4) is 11.8 Å². The van der Waals surface area contributed by atoms with E-state index in [2.05, 4.69) is 18.1 Å². The molecule has 0 atom stereocenters. The van der Waals surface area contributed by atoms with E-state index >= 15 is 0 Å². The molecule has 0 fully saturated rings. The number of hydrogen-bond acceptors (Lipinski definition) is 2. The molecule has 0 aliphatic heterocycles. The van der Waals surface area contributed by atoms with E-state index in [0.717, 1.165) is 17.8 Å². The van der Waals surface area contributed by atoms with Gasteiger partial charge in [0.15, 0.2) is 6.20 Å². The molecule has 0 bridgehead atoms. The van der Waals surface area contributed by atoms with Gasteiger partial charge >= 0.3 is 0 Å². The molecule has 2 rings (SSSR count). The summed E-state index contributed by atoms with van der Waals surface area (Å²) in [5, 5.41) is 13.1. The highest BCUT2D eigenvalue weighted by atomic mass is 15.5. The van der Waals surface area contributed by atoms with Gasteiger partial charge in [-0.3, -0.25) is 0 Å². The molecule has 0 radical (unpaired) electrons. The van der Waals surface area contributed by atoms with Gasteiger partial charge in [-0.25, -0.2) is 0 Å². The van der Waals surface area contributed by atoms with Crippen molar-refractivity contribution in [3.63, 3.8) is 0 Å². The van der Waals surface area contributed by atoms with Crippen LogP contribution in [0.25, 0.3) is 5.69 Å². The highest BCUT2D eigenvalue weighted by Crippen LogP contribution is 2.12.